The maximum atomic E-state index is 9.98. The Morgan fingerprint density at radius 2 is 1.71 bits per heavy atom. The highest BCUT2D eigenvalue weighted by atomic mass is 35.5. The summed E-state index contributed by atoms with van der Waals surface area (Å²) in [5.74, 6) is 0. The molecule has 0 unspecified atom stereocenters. The molecule has 1 rings (SSSR count). The fraction of sp³-hybridized carbons (Fsp3) is 0.900. The van der Waals surface area contributed by atoms with Crippen molar-refractivity contribution in [1.82, 2.24) is 5.06 Å². The molecule has 0 aromatic rings. The van der Waals surface area contributed by atoms with E-state index in [4.69, 9.17) is 11.6 Å². The zero-order valence-corrected chi connectivity index (χ0v) is 10.5. The monoisotopic (exact) mass is 218 g/mol. The zero-order valence-electron chi connectivity index (χ0n) is 9.72. The van der Waals surface area contributed by atoms with Crippen molar-refractivity contribution in [2.45, 2.75) is 57.6 Å². The first-order chi connectivity index (χ1) is 5.99. The van der Waals surface area contributed by atoms with E-state index in [1.165, 1.54) is 5.06 Å². The van der Waals surface area contributed by atoms with Crippen molar-refractivity contribution in [3.05, 3.63) is 0 Å². The number of rotatable bonds is 1. The van der Waals surface area contributed by atoms with Crippen LogP contribution in [0.25, 0.3) is 0 Å². The number of halogens is 1. The lowest BCUT2D eigenvalue weighted by molar-refractivity contribution is -0.188. The lowest BCUT2D eigenvalue weighted by atomic mass is 9.90. The van der Waals surface area contributed by atoms with E-state index < -0.39 is 16.1 Å². The van der Waals surface area contributed by atoms with E-state index >= 15 is 0 Å². The molecule has 0 aromatic carbocycles. The number of nitrogens with zero attached hydrogens (tertiary/aromatic N) is 2. The third-order valence-corrected chi connectivity index (χ3v) is 2.75. The van der Waals surface area contributed by atoms with Gasteiger partial charge in [0.2, 0.25) is 0 Å². The SMILES string of the molecule is CC(C)(Cl)C1=NC(C)(C)N(O)C1(C)C. The topological polar surface area (TPSA) is 35.8 Å². The van der Waals surface area contributed by atoms with Crippen molar-refractivity contribution in [3.8, 4) is 0 Å². The second kappa shape index (κ2) is 2.94. The summed E-state index contributed by atoms with van der Waals surface area (Å²) >= 11 is 6.25. The highest BCUT2D eigenvalue weighted by molar-refractivity contribution is 6.37. The van der Waals surface area contributed by atoms with Crippen LogP contribution in [0.15, 0.2) is 4.99 Å². The average Bonchev–Trinajstić information content (AvgIpc) is 2.10. The summed E-state index contributed by atoms with van der Waals surface area (Å²) in [4.78, 5) is 3.96. The largest absolute Gasteiger partial charge is 0.311 e. The van der Waals surface area contributed by atoms with Crippen LogP contribution < -0.4 is 0 Å². The summed E-state index contributed by atoms with van der Waals surface area (Å²) in [6.45, 7) is 11.4. The molecule has 0 saturated heterocycles. The molecular weight excluding hydrogens is 200 g/mol. The van der Waals surface area contributed by atoms with Crippen molar-refractivity contribution in [2.24, 2.45) is 4.99 Å². The van der Waals surface area contributed by atoms with Crippen molar-refractivity contribution >= 4 is 17.3 Å². The first-order valence-electron chi connectivity index (χ1n) is 4.78. The van der Waals surface area contributed by atoms with E-state index in [2.05, 4.69) is 4.99 Å². The van der Waals surface area contributed by atoms with Crippen molar-refractivity contribution in [2.75, 3.05) is 0 Å². The van der Waals surface area contributed by atoms with E-state index in [1.54, 1.807) is 0 Å². The molecule has 0 bridgehead atoms. The number of hydrogen-bond donors (Lipinski definition) is 1. The molecule has 4 heteroatoms. The molecular formula is C10H19ClN2O. The van der Waals surface area contributed by atoms with Crippen molar-refractivity contribution in [1.29, 1.82) is 0 Å². The third-order valence-electron chi connectivity index (χ3n) is 2.58. The molecule has 1 heterocycles. The van der Waals surface area contributed by atoms with Gasteiger partial charge in [-0.3, -0.25) is 4.99 Å². The molecule has 0 amide bonds. The Labute approximate surface area is 90.7 Å². The maximum absolute atomic E-state index is 9.98. The van der Waals surface area contributed by atoms with Gasteiger partial charge in [-0.05, 0) is 41.5 Å². The van der Waals surface area contributed by atoms with Crippen LogP contribution in [0.5, 0.6) is 0 Å². The summed E-state index contributed by atoms with van der Waals surface area (Å²) in [5, 5.41) is 11.2. The van der Waals surface area contributed by atoms with E-state index in [0.717, 1.165) is 5.71 Å². The molecule has 0 spiro atoms. The molecule has 3 nitrogen and oxygen atoms in total. The van der Waals surface area contributed by atoms with Gasteiger partial charge in [0.05, 0.1) is 16.1 Å². The first kappa shape index (κ1) is 12.0. The predicted molar refractivity (Wildman–Crippen MR) is 59.2 cm³/mol. The summed E-state index contributed by atoms with van der Waals surface area (Å²) in [5.41, 5.74) is -0.279. The summed E-state index contributed by atoms with van der Waals surface area (Å²) in [7, 11) is 0. The Hall–Kier alpha value is -0.120. The van der Waals surface area contributed by atoms with E-state index in [9.17, 15) is 5.21 Å². The van der Waals surface area contributed by atoms with Crippen LogP contribution >= 0.6 is 11.6 Å². The second-order valence-electron chi connectivity index (χ2n) is 5.30. The quantitative estimate of drug-likeness (QED) is 0.687. The fourth-order valence-electron chi connectivity index (χ4n) is 2.10. The maximum Gasteiger partial charge on any atom is 0.130 e. The summed E-state index contributed by atoms with van der Waals surface area (Å²) in [6, 6.07) is 0. The molecule has 82 valence electrons. The number of aliphatic imine (C=N–C) groups is 1. The van der Waals surface area contributed by atoms with E-state index in [-0.39, 0.29) is 0 Å². The van der Waals surface area contributed by atoms with Crippen LogP contribution in [0.2, 0.25) is 0 Å². The Morgan fingerprint density at radius 3 is 1.86 bits per heavy atom. The van der Waals surface area contributed by atoms with Crippen LogP contribution in [-0.4, -0.2) is 32.1 Å². The molecule has 0 aromatic heterocycles. The average molecular weight is 219 g/mol. The summed E-state index contributed by atoms with van der Waals surface area (Å²) < 4.78 is 0. The fourth-order valence-corrected chi connectivity index (χ4v) is 2.38. The van der Waals surface area contributed by atoms with Gasteiger partial charge in [-0.15, -0.1) is 11.6 Å². The molecule has 14 heavy (non-hydrogen) atoms. The van der Waals surface area contributed by atoms with E-state index in [0.29, 0.717) is 0 Å². The molecule has 1 aliphatic heterocycles. The molecule has 0 fully saturated rings. The summed E-state index contributed by atoms with van der Waals surface area (Å²) in [6.07, 6.45) is 0. The Morgan fingerprint density at radius 1 is 1.29 bits per heavy atom. The molecule has 1 N–H and O–H groups in total. The molecule has 0 aliphatic carbocycles. The number of alkyl halides is 1. The van der Waals surface area contributed by atoms with Gasteiger partial charge < -0.3 is 5.21 Å². The molecule has 0 saturated carbocycles. The van der Waals surface area contributed by atoms with Crippen LogP contribution in [-0.2, 0) is 0 Å². The zero-order chi connectivity index (χ0) is 11.4. The van der Waals surface area contributed by atoms with Gasteiger partial charge in [0.15, 0.2) is 0 Å². The van der Waals surface area contributed by atoms with Crippen molar-refractivity contribution in [3.63, 3.8) is 0 Å². The Kier molecular flexibility index (Phi) is 2.51. The third kappa shape index (κ3) is 1.69. The highest BCUT2D eigenvalue weighted by Gasteiger charge is 2.51. The van der Waals surface area contributed by atoms with Gasteiger partial charge in [0.25, 0.3) is 0 Å². The smallest absolute Gasteiger partial charge is 0.130 e. The number of hydroxylamine groups is 2. The minimum absolute atomic E-state index is 0.505. The van der Waals surface area contributed by atoms with Crippen LogP contribution in [0, 0.1) is 0 Å². The second-order valence-corrected chi connectivity index (χ2v) is 6.24. The first-order valence-corrected chi connectivity index (χ1v) is 5.16. The number of hydrogen-bond acceptors (Lipinski definition) is 3. The van der Waals surface area contributed by atoms with Crippen LogP contribution in [0.1, 0.15) is 41.5 Å². The van der Waals surface area contributed by atoms with Crippen molar-refractivity contribution < 1.29 is 5.21 Å². The van der Waals surface area contributed by atoms with Crippen LogP contribution in [0.3, 0.4) is 0 Å². The predicted octanol–water partition coefficient (Wildman–Crippen LogP) is 2.66. The Bertz CT molecular complexity index is 276. The Balaban J connectivity index is 3.20. The van der Waals surface area contributed by atoms with Gasteiger partial charge in [-0.1, -0.05) is 0 Å². The minimum Gasteiger partial charge on any atom is -0.311 e. The van der Waals surface area contributed by atoms with Gasteiger partial charge in [-0.2, -0.15) is 5.06 Å². The molecule has 1 aliphatic rings. The van der Waals surface area contributed by atoms with Gasteiger partial charge >= 0.3 is 0 Å². The van der Waals surface area contributed by atoms with E-state index in [1.807, 2.05) is 41.5 Å². The van der Waals surface area contributed by atoms with Crippen LogP contribution in [0.4, 0.5) is 0 Å². The molecule has 0 atom stereocenters. The lowest BCUT2D eigenvalue weighted by Gasteiger charge is -2.35. The standard InChI is InChI=1S/C10H19ClN2O/c1-8(2,11)7-9(3,4)13(14)10(5,6)12-7/h14H,1-6H3. The minimum atomic E-state index is -0.592. The highest BCUT2D eigenvalue weighted by Crippen LogP contribution is 2.38. The van der Waals surface area contributed by atoms with Gasteiger partial charge in [-0.25, -0.2) is 0 Å². The molecule has 0 radical (unpaired) electrons. The normalized spacial score (nSPS) is 26.4. The lowest BCUT2D eigenvalue weighted by Crippen LogP contribution is -2.53. The van der Waals surface area contributed by atoms with Gasteiger partial charge in [0, 0.05) is 0 Å². The van der Waals surface area contributed by atoms with Gasteiger partial charge in [0.1, 0.15) is 5.66 Å².